The van der Waals surface area contributed by atoms with Crippen molar-refractivity contribution in [2.24, 2.45) is 17.3 Å². The lowest BCUT2D eigenvalue weighted by atomic mass is 10.1. The molecule has 2 N–H and O–H groups in total. The number of anilines is 2. The average Bonchev–Trinajstić information content (AvgIpc) is 3.41. The van der Waals surface area contributed by atoms with Crippen LogP contribution >= 0.6 is 23.2 Å². The molecule has 1 saturated carbocycles. The number of carbonyl (C=O) groups is 3. The van der Waals surface area contributed by atoms with Gasteiger partial charge in [0.15, 0.2) is 0 Å². The van der Waals surface area contributed by atoms with Crippen LogP contribution in [0.5, 0.6) is 0 Å². The molecule has 1 fully saturated rings. The topological polar surface area (TPSA) is 97.0 Å². The summed E-state index contributed by atoms with van der Waals surface area (Å²) in [6.45, 7) is 11.8. The van der Waals surface area contributed by atoms with Crippen molar-refractivity contribution in [2.45, 2.75) is 41.5 Å². The number of amides is 3. The molecule has 2 atom stereocenters. The van der Waals surface area contributed by atoms with Crippen molar-refractivity contribution in [2.75, 3.05) is 36.9 Å². The van der Waals surface area contributed by atoms with Crippen LogP contribution in [-0.2, 0) is 14.3 Å². The van der Waals surface area contributed by atoms with Gasteiger partial charge in [-0.25, -0.2) is 9.59 Å². The highest BCUT2D eigenvalue weighted by atomic mass is 35.5. The molecule has 0 aliphatic heterocycles. The van der Waals surface area contributed by atoms with E-state index in [1.807, 2.05) is 65.8 Å². The minimum Gasteiger partial charge on any atom is -0.447 e. The fraction of sp³-hybridized carbons (Fsp3) is 0.433. The number of rotatable bonds is 10. The Morgan fingerprint density at radius 2 is 1.30 bits per heavy atom. The first-order chi connectivity index (χ1) is 18.8. The Morgan fingerprint density at radius 1 is 0.850 bits per heavy atom. The van der Waals surface area contributed by atoms with E-state index in [0.717, 1.165) is 22.3 Å². The third-order valence-electron chi connectivity index (χ3n) is 7.67. The lowest BCUT2D eigenvalue weighted by Crippen LogP contribution is -2.39. The molecule has 0 aromatic heterocycles. The molecule has 0 saturated heterocycles. The average molecular weight is 591 g/mol. The number of halogens is 2. The molecule has 0 bridgehead atoms. The monoisotopic (exact) mass is 589 g/mol. The third-order valence-corrected chi connectivity index (χ3v) is 7.92. The molecule has 216 valence electrons. The van der Waals surface area contributed by atoms with Crippen molar-refractivity contribution in [1.29, 1.82) is 0 Å². The molecule has 1 aliphatic carbocycles. The summed E-state index contributed by atoms with van der Waals surface area (Å²) in [7, 11) is 0. The standard InChI is InChI=1S/C30H37Cl2N3O5/c1-18-9-7-11-23(20(18)3)33-28(37)39-15-13-35(27(36)26-22(17-25(31)32)30(26,5)6)14-16-40-29(38)34-24-12-8-10-19(2)21(24)4/h7-12,17,22,26H,13-16H2,1-6H3,(H,33,37)(H,34,38). The minimum atomic E-state index is -0.619. The smallest absolute Gasteiger partial charge is 0.411 e. The Labute approximate surface area is 246 Å². The van der Waals surface area contributed by atoms with Gasteiger partial charge in [0, 0.05) is 11.4 Å². The number of hydrogen-bond acceptors (Lipinski definition) is 5. The van der Waals surface area contributed by atoms with Crippen molar-refractivity contribution >= 4 is 52.7 Å². The third kappa shape index (κ3) is 7.92. The zero-order valence-corrected chi connectivity index (χ0v) is 25.3. The molecular weight excluding hydrogens is 553 g/mol. The normalized spacial score (nSPS) is 16.9. The summed E-state index contributed by atoms with van der Waals surface area (Å²) in [6, 6.07) is 11.2. The molecule has 0 heterocycles. The van der Waals surface area contributed by atoms with Crippen molar-refractivity contribution in [3.05, 3.63) is 69.2 Å². The van der Waals surface area contributed by atoms with E-state index in [0.29, 0.717) is 11.4 Å². The number of allylic oxidation sites excluding steroid dienone is 1. The van der Waals surface area contributed by atoms with Crippen LogP contribution < -0.4 is 10.6 Å². The molecule has 0 radical (unpaired) electrons. The van der Waals surface area contributed by atoms with Crippen LogP contribution in [0.4, 0.5) is 21.0 Å². The van der Waals surface area contributed by atoms with E-state index in [2.05, 4.69) is 10.6 Å². The molecule has 2 aromatic carbocycles. The second kappa shape index (κ2) is 13.4. The second-order valence-corrected chi connectivity index (χ2v) is 11.6. The van der Waals surface area contributed by atoms with Crippen LogP contribution in [-0.4, -0.2) is 49.3 Å². The van der Waals surface area contributed by atoms with Crippen LogP contribution in [0.25, 0.3) is 0 Å². The molecule has 0 spiro atoms. The fourth-order valence-electron chi connectivity index (χ4n) is 4.69. The van der Waals surface area contributed by atoms with E-state index in [-0.39, 0.29) is 54.0 Å². The number of hydrogen-bond donors (Lipinski definition) is 2. The zero-order chi connectivity index (χ0) is 29.6. The Kier molecular flexibility index (Phi) is 10.5. The van der Waals surface area contributed by atoms with Crippen LogP contribution in [0.3, 0.4) is 0 Å². The number of ether oxygens (including phenoxy) is 2. The van der Waals surface area contributed by atoms with Gasteiger partial charge in [0.05, 0.1) is 19.0 Å². The fourth-order valence-corrected chi connectivity index (χ4v) is 4.96. The van der Waals surface area contributed by atoms with Gasteiger partial charge in [-0.3, -0.25) is 15.4 Å². The maximum Gasteiger partial charge on any atom is 0.411 e. The van der Waals surface area contributed by atoms with Crippen molar-refractivity contribution in [3.8, 4) is 0 Å². The highest BCUT2D eigenvalue weighted by molar-refractivity contribution is 6.55. The second-order valence-electron chi connectivity index (χ2n) is 10.6. The number of benzene rings is 2. The maximum atomic E-state index is 13.5. The lowest BCUT2D eigenvalue weighted by molar-refractivity contribution is -0.134. The molecule has 1 aliphatic rings. The number of nitrogens with zero attached hydrogens (tertiary/aromatic N) is 1. The Hall–Kier alpha value is -3.23. The minimum absolute atomic E-state index is 0.0406. The van der Waals surface area contributed by atoms with Crippen LogP contribution in [0, 0.1) is 44.9 Å². The summed E-state index contributed by atoms with van der Waals surface area (Å²) in [5.74, 6) is -0.639. The lowest BCUT2D eigenvalue weighted by Gasteiger charge is -2.23. The highest BCUT2D eigenvalue weighted by Gasteiger charge is 2.61. The van der Waals surface area contributed by atoms with E-state index in [1.165, 1.54) is 0 Å². The number of aryl methyl sites for hydroxylation is 2. The molecule has 2 unspecified atom stereocenters. The molecule has 10 heteroatoms. The Balaban J connectivity index is 1.60. The van der Waals surface area contributed by atoms with Gasteiger partial charge < -0.3 is 14.4 Å². The first-order valence-electron chi connectivity index (χ1n) is 13.1. The van der Waals surface area contributed by atoms with Gasteiger partial charge in [0.1, 0.15) is 17.7 Å². The predicted molar refractivity (Wildman–Crippen MR) is 159 cm³/mol. The highest BCUT2D eigenvalue weighted by Crippen LogP contribution is 2.60. The van der Waals surface area contributed by atoms with Gasteiger partial charge in [-0.1, -0.05) is 61.3 Å². The van der Waals surface area contributed by atoms with Crippen LogP contribution in [0.1, 0.15) is 36.1 Å². The van der Waals surface area contributed by atoms with Gasteiger partial charge in [-0.15, -0.1) is 0 Å². The van der Waals surface area contributed by atoms with Crippen molar-refractivity contribution in [1.82, 2.24) is 4.90 Å². The molecule has 2 aromatic rings. The zero-order valence-electron chi connectivity index (χ0n) is 23.8. The molecule has 3 rings (SSSR count). The van der Waals surface area contributed by atoms with Crippen LogP contribution in [0.2, 0.25) is 0 Å². The van der Waals surface area contributed by atoms with E-state index >= 15 is 0 Å². The number of nitrogens with one attached hydrogen (secondary N) is 2. The maximum absolute atomic E-state index is 13.5. The molecule has 8 nitrogen and oxygen atoms in total. The number of carbonyl (C=O) groups excluding carboxylic acids is 3. The largest absolute Gasteiger partial charge is 0.447 e. The SMILES string of the molecule is Cc1cccc(NC(=O)OCCN(CCOC(=O)Nc2cccc(C)c2C)C(=O)C2C(C=C(Cl)Cl)C2(C)C)c1C. The van der Waals surface area contributed by atoms with Crippen molar-refractivity contribution < 1.29 is 23.9 Å². The molecular formula is C30H37Cl2N3O5. The van der Waals surface area contributed by atoms with E-state index in [9.17, 15) is 14.4 Å². The van der Waals surface area contributed by atoms with E-state index in [1.54, 1.807) is 23.1 Å². The van der Waals surface area contributed by atoms with Gasteiger partial charge in [-0.2, -0.15) is 0 Å². The first kappa shape index (κ1) is 31.3. The van der Waals surface area contributed by atoms with Gasteiger partial charge >= 0.3 is 12.2 Å². The molecule has 3 amide bonds. The van der Waals surface area contributed by atoms with Gasteiger partial charge in [-0.05, 0) is 79.5 Å². The summed E-state index contributed by atoms with van der Waals surface area (Å²) < 4.78 is 10.9. The van der Waals surface area contributed by atoms with Gasteiger partial charge in [0.25, 0.3) is 0 Å². The summed E-state index contributed by atoms with van der Waals surface area (Å²) in [6.07, 6.45) is 0.435. The first-order valence-corrected chi connectivity index (χ1v) is 13.9. The summed E-state index contributed by atoms with van der Waals surface area (Å²) in [5.41, 5.74) is 4.96. The summed E-state index contributed by atoms with van der Waals surface area (Å²) in [4.78, 5) is 39.9. The van der Waals surface area contributed by atoms with Crippen LogP contribution in [0.15, 0.2) is 47.0 Å². The predicted octanol–water partition coefficient (Wildman–Crippen LogP) is 7.14. The summed E-state index contributed by atoms with van der Waals surface area (Å²) in [5, 5.41) is 5.48. The van der Waals surface area contributed by atoms with Gasteiger partial charge in [0.2, 0.25) is 5.91 Å². The van der Waals surface area contributed by atoms with Crippen molar-refractivity contribution in [3.63, 3.8) is 0 Å². The van der Waals surface area contributed by atoms with E-state index in [4.69, 9.17) is 32.7 Å². The van der Waals surface area contributed by atoms with E-state index < -0.39 is 12.2 Å². The Bertz CT molecular complexity index is 1220. The quantitative estimate of drug-likeness (QED) is 0.307. The Morgan fingerprint density at radius 3 is 1.73 bits per heavy atom. The molecule has 40 heavy (non-hydrogen) atoms. The summed E-state index contributed by atoms with van der Waals surface area (Å²) >= 11 is 11.7.